The largest absolute Gasteiger partial charge is 0.306 e. The van der Waals surface area contributed by atoms with Crippen LogP contribution in [0.2, 0.25) is 0 Å². The van der Waals surface area contributed by atoms with Gasteiger partial charge in [-0.1, -0.05) is 46.4 Å². The van der Waals surface area contributed by atoms with Gasteiger partial charge < -0.3 is 0 Å². The molecule has 0 unspecified atom stereocenters. The van der Waals surface area contributed by atoms with Crippen molar-refractivity contribution in [3.8, 4) is 0 Å². The number of hydrogen-bond donors (Lipinski definition) is 0. The highest BCUT2D eigenvalue weighted by Gasteiger charge is 2.87. The minimum Gasteiger partial charge on any atom is -0.274 e. The molecule has 1 aliphatic heterocycles. The topological polar surface area (TPSA) is 80.5 Å². The number of carbonyl (C=O) groups is 2. The van der Waals surface area contributed by atoms with Crippen LogP contribution in [-0.4, -0.2) is 30.8 Å². The van der Waals surface area contributed by atoms with E-state index in [1.165, 1.54) is 0 Å². The monoisotopic (exact) mass is 506 g/mol. The first kappa shape index (κ1) is 20.4. The van der Waals surface area contributed by atoms with Crippen molar-refractivity contribution in [2.45, 2.75) is 14.1 Å². The molecule has 1 saturated carbocycles. The number of rotatable bonds is 2. The van der Waals surface area contributed by atoms with Crippen LogP contribution in [0.4, 0.5) is 15.8 Å². The summed E-state index contributed by atoms with van der Waals surface area (Å²) in [6.45, 7) is 0. The molecule has 0 N–H and O–H groups in total. The Kier molecular flexibility index (Phi) is 4.28. The van der Waals surface area contributed by atoms with E-state index in [4.69, 9.17) is 69.6 Å². The average molecular weight is 509 g/mol. The van der Waals surface area contributed by atoms with Crippen molar-refractivity contribution < 1.29 is 18.9 Å². The van der Waals surface area contributed by atoms with Crippen LogP contribution in [0.1, 0.15) is 0 Å². The second-order valence-electron chi connectivity index (χ2n) is 6.49. The maximum Gasteiger partial charge on any atom is 0.306 e. The van der Waals surface area contributed by atoms with Gasteiger partial charge in [-0.05, 0) is 12.1 Å². The van der Waals surface area contributed by atoms with Crippen LogP contribution in [0.5, 0.6) is 0 Å². The first-order valence-corrected chi connectivity index (χ1v) is 9.73. The third-order valence-corrected chi connectivity index (χ3v) is 9.55. The Bertz CT molecular complexity index is 986. The van der Waals surface area contributed by atoms with Crippen LogP contribution in [-0.2, 0) is 9.59 Å². The van der Waals surface area contributed by atoms with Crippen molar-refractivity contribution in [3.05, 3.63) is 44.2 Å². The Labute approximate surface area is 186 Å². The molecule has 13 heteroatoms. The normalized spacial score (nSPS) is 35.8. The molecular formula is C15H5Cl6FN2O4. The van der Waals surface area contributed by atoms with Gasteiger partial charge in [0.15, 0.2) is 4.33 Å². The number of alkyl halides is 4. The number of nitro groups is 1. The highest BCUT2D eigenvalue weighted by molar-refractivity contribution is 6.67. The summed E-state index contributed by atoms with van der Waals surface area (Å²) < 4.78 is 11.6. The fourth-order valence-electron chi connectivity index (χ4n) is 4.03. The average Bonchev–Trinajstić information content (AvgIpc) is 3.00. The van der Waals surface area contributed by atoms with Gasteiger partial charge in [-0.2, -0.15) is 4.39 Å². The third kappa shape index (κ3) is 1.98. The number of imide groups is 1. The first-order chi connectivity index (χ1) is 12.8. The lowest BCUT2D eigenvalue weighted by Crippen LogP contribution is -2.50. The number of allylic oxidation sites excluding steroid dienone is 2. The SMILES string of the molecule is O=C1[C@H]2[C@H](C(=O)N1c1ccc(F)c([N+](=O)[O-])c1)[C@]1(Cl)C(Cl)=C(Cl)[C@]2(Cl)C1(Cl)Cl. The number of nitrogens with zero attached hydrogens (tertiary/aromatic N) is 2. The Morgan fingerprint density at radius 1 is 1.00 bits per heavy atom. The summed E-state index contributed by atoms with van der Waals surface area (Å²) in [5.74, 6) is -5.67. The Balaban J connectivity index is 1.89. The Morgan fingerprint density at radius 2 is 1.46 bits per heavy atom. The molecule has 1 aromatic rings. The minimum atomic E-state index is -2.08. The van der Waals surface area contributed by atoms with Crippen molar-refractivity contribution in [1.82, 2.24) is 0 Å². The van der Waals surface area contributed by atoms with Gasteiger partial charge in [-0.3, -0.25) is 19.7 Å². The van der Waals surface area contributed by atoms with Crippen molar-refractivity contribution in [2.24, 2.45) is 11.8 Å². The smallest absolute Gasteiger partial charge is 0.274 e. The molecule has 0 radical (unpaired) electrons. The predicted octanol–water partition coefficient (Wildman–Crippen LogP) is 4.69. The fourth-order valence-corrected chi connectivity index (χ4v) is 6.96. The van der Waals surface area contributed by atoms with E-state index in [2.05, 4.69) is 0 Å². The maximum atomic E-state index is 13.6. The molecule has 0 spiro atoms. The molecule has 28 heavy (non-hydrogen) atoms. The van der Waals surface area contributed by atoms with E-state index in [0.29, 0.717) is 4.90 Å². The molecule has 1 aromatic carbocycles. The first-order valence-electron chi connectivity index (χ1n) is 7.47. The highest BCUT2D eigenvalue weighted by Crippen LogP contribution is 2.77. The summed E-state index contributed by atoms with van der Waals surface area (Å²) in [7, 11) is 0. The van der Waals surface area contributed by atoms with Crippen molar-refractivity contribution in [3.63, 3.8) is 0 Å². The van der Waals surface area contributed by atoms with Gasteiger partial charge in [-0.25, -0.2) is 4.90 Å². The second-order valence-corrected chi connectivity index (χ2v) is 9.76. The fraction of sp³-hybridized carbons (Fsp3) is 0.333. The molecule has 2 amide bonds. The lowest BCUT2D eigenvalue weighted by atomic mass is 9.84. The van der Waals surface area contributed by atoms with E-state index in [1.54, 1.807) is 0 Å². The van der Waals surface area contributed by atoms with Crippen LogP contribution < -0.4 is 4.90 Å². The number of amides is 2. The molecule has 6 nitrogen and oxygen atoms in total. The lowest BCUT2D eigenvalue weighted by molar-refractivity contribution is -0.387. The van der Waals surface area contributed by atoms with Crippen LogP contribution >= 0.6 is 69.6 Å². The zero-order valence-electron chi connectivity index (χ0n) is 13.1. The van der Waals surface area contributed by atoms with E-state index in [1.807, 2.05) is 0 Å². The van der Waals surface area contributed by atoms with E-state index >= 15 is 0 Å². The molecule has 2 aliphatic carbocycles. The number of halogens is 7. The Hall–Kier alpha value is -0.830. The third-order valence-electron chi connectivity index (χ3n) is 5.29. The van der Waals surface area contributed by atoms with E-state index in [0.717, 1.165) is 18.2 Å². The van der Waals surface area contributed by atoms with Crippen LogP contribution in [0, 0.1) is 27.8 Å². The molecule has 148 valence electrons. The molecule has 0 aromatic heterocycles. The number of carbonyl (C=O) groups excluding carboxylic acids is 2. The van der Waals surface area contributed by atoms with Crippen molar-refractivity contribution in [2.75, 3.05) is 4.90 Å². The number of fused-ring (bicyclic) bond motifs is 5. The zero-order valence-corrected chi connectivity index (χ0v) is 17.6. The second kappa shape index (κ2) is 5.86. The summed E-state index contributed by atoms with van der Waals surface area (Å²) >= 11 is 38.2. The minimum absolute atomic E-state index is 0.237. The summed E-state index contributed by atoms with van der Waals surface area (Å²) in [5.41, 5.74) is -1.16. The van der Waals surface area contributed by atoms with E-state index in [-0.39, 0.29) is 15.8 Å². The van der Waals surface area contributed by atoms with Gasteiger partial charge >= 0.3 is 5.69 Å². The Morgan fingerprint density at radius 3 is 1.89 bits per heavy atom. The van der Waals surface area contributed by atoms with Gasteiger partial charge in [0.05, 0.1) is 32.5 Å². The molecule has 1 saturated heterocycles. The molecule has 3 aliphatic rings. The highest BCUT2D eigenvalue weighted by atomic mass is 35.5. The molecule has 1 heterocycles. The molecular weight excluding hydrogens is 504 g/mol. The van der Waals surface area contributed by atoms with Crippen LogP contribution in [0.3, 0.4) is 0 Å². The van der Waals surface area contributed by atoms with Crippen molar-refractivity contribution in [1.29, 1.82) is 0 Å². The van der Waals surface area contributed by atoms with E-state index < -0.39 is 54.2 Å². The summed E-state index contributed by atoms with van der Waals surface area (Å²) in [5, 5.41) is 10.5. The number of benzene rings is 1. The molecule has 4 rings (SSSR count). The predicted molar refractivity (Wildman–Crippen MR) is 103 cm³/mol. The van der Waals surface area contributed by atoms with E-state index in [9.17, 15) is 24.1 Å². The van der Waals surface area contributed by atoms with Gasteiger partial charge in [-0.15, -0.1) is 23.2 Å². The zero-order chi connectivity index (χ0) is 21.0. The summed E-state index contributed by atoms with van der Waals surface area (Å²) in [6.07, 6.45) is 0. The molecule has 4 atom stereocenters. The van der Waals surface area contributed by atoms with Crippen LogP contribution in [0.25, 0.3) is 0 Å². The summed E-state index contributed by atoms with van der Waals surface area (Å²) in [6, 6.07) is 2.55. The molecule has 2 bridgehead atoms. The van der Waals surface area contributed by atoms with Crippen LogP contribution in [0.15, 0.2) is 28.3 Å². The van der Waals surface area contributed by atoms with Gasteiger partial charge in [0, 0.05) is 6.07 Å². The van der Waals surface area contributed by atoms with Gasteiger partial charge in [0.25, 0.3) is 0 Å². The quantitative estimate of drug-likeness (QED) is 0.251. The number of hydrogen-bond acceptors (Lipinski definition) is 4. The lowest BCUT2D eigenvalue weighted by Gasteiger charge is -2.34. The summed E-state index contributed by atoms with van der Waals surface area (Å²) in [4.78, 5) is 32.8. The standard InChI is InChI=1S/C15H5Cl6FN2O4/c16-9-10(17)14(19)8-7(13(9,18)15(14,20)21)11(25)23(12(8)26)4-1-2-5(22)6(3-4)24(27)28/h1-3,7-8H/t7-,8-,13+,14+/m1/s1. The molecule has 2 fully saturated rings. The number of nitro benzene ring substituents is 1. The maximum absolute atomic E-state index is 13.6. The van der Waals surface area contributed by atoms with Gasteiger partial charge in [0.1, 0.15) is 9.75 Å². The number of anilines is 1. The van der Waals surface area contributed by atoms with Gasteiger partial charge in [0.2, 0.25) is 17.6 Å². The van der Waals surface area contributed by atoms with Crippen molar-refractivity contribution >= 4 is 92.8 Å².